The van der Waals surface area contributed by atoms with Crippen molar-refractivity contribution in [3.63, 3.8) is 0 Å². The van der Waals surface area contributed by atoms with E-state index in [1.807, 2.05) is 7.05 Å². The summed E-state index contributed by atoms with van der Waals surface area (Å²) in [5, 5.41) is 8.41. The average molecular weight is 154 g/mol. The molecular formula is C8H12NS. The van der Waals surface area contributed by atoms with E-state index >= 15 is 0 Å². The third-order valence-corrected chi connectivity index (χ3v) is 2.05. The molecule has 0 unspecified atom stereocenters. The largest absolute Gasteiger partial charge is 0.320 e. The molecule has 0 atom stereocenters. The highest BCUT2D eigenvalue weighted by Gasteiger charge is 1.91. The van der Waals surface area contributed by atoms with Gasteiger partial charge in [-0.1, -0.05) is 0 Å². The maximum absolute atomic E-state index is 3.21. The van der Waals surface area contributed by atoms with E-state index < -0.39 is 0 Å². The van der Waals surface area contributed by atoms with E-state index in [0.717, 1.165) is 13.0 Å². The summed E-state index contributed by atoms with van der Waals surface area (Å²) in [6, 6.07) is 2.14. The van der Waals surface area contributed by atoms with Crippen molar-refractivity contribution in [2.75, 3.05) is 13.6 Å². The minimum atomic E-state index is 1.10. The molecule has 1 aromatic heterocycles. The van der Waals surface area contributed by atoms with Gasteiger partial charge in [-0.3, -0.25) is 0 Å². The Labute approximate surface area is 66.1 Å². The second-order valence-corrected chi connectivity index (χ2v) is 2.97. The molecule has 1 N–H and O–H groups in total. The van der Waals surface area contributed by atoms with Crippen LogP contribution in [0, 0.1) is 5.38 Å². The van der Waals surface area contributed by atoms with E-state index in [9.17, 15) is 0 Å². The van der Waals surface area contributed by atoms with Crippen LogP contribution in [0.2, 0.25) is 0 Å². The van der Waals surface area contributed by atoms with Gasteiger partial charge in [-0.05, 0) is 43.4 Å². The molecule has 10 heavy (non-hydrogen) atoms. The predicted molar refractivity (Wildman–Crippen MR) is 45.4 cm³/mol. The quantitative estimate of drug-likeness (QED) is 0.651. The summed E-state index contributed by atoms with van der Waals surface area (Å²) in [5.41, 5.74) is 1.35. The van der Waals surface area contributed by atoms with Crippen molar-refractivity contribution in [2.45, 2.75) is 12.8 Å². The van der Waals surface area contributed by atoms with Gasteiger partial charge in [0.15, 0.2) is 0 Å². The van der Waals surface area contributed by atoms with Gasteiger partial charge in [0.1, 0.15) is 0 Å². The third kappa shape index (κ3) is 2.50. The number of aryl methyl sites for hydroxylation is 1. The Hall–Kier alpha value is -0.340. The smallest absolute Gasteiger partial charge is 0.0477 e. The van der Waals surface area contributed by atoms with Gasteiger partial charge in [0, 0.05) is 5.38 Å². The maximum atomic E-state index is 3.21. The molecule has 0 saturated heterocycles. The highest BCUT2D eigenvalue weighted by Crippen LogP contribution is 2.06. The van der Waals surface area contributed by atoms with E-state index in [1.54, 1.807) is 11.3 Å². The zero-order chi connectivity index (χ0) is 7.23. The Morgan fingerprint density at radius 2 is 2.60 bits per heavy atom. The molecular weight excluding hydrogens is 142 g/mol. The molecule has 0 spiro atoms. The van der Waals surface area contributed by atoms with Crippen LogP contribution in [-0.4, -0.2) is 13.6 Å². The summed E-state index contributed by atoms with van der Waals surface area (Å²) >= 11 is 1.65. The Morgan fingerprint density at radius 1 is 1.70 bits per heavy atom. The zero-order valence-electron chi connectivity index (χ0n) is 6.18. The average Bonchev–Trinajstić information content (AvgIpc) is 2.41. The van der Waals surface area contributed by atoms with Crippen LogP contribution in [0.4, 0.5) is 0 Å². The van der Waals surface area contributed by atoms with E-state index in [1.165, 1.54) is 12.0 Å². The van der Waals surface area contributed by atoms with Gasteiger partial charge >= 0.3 is 0 Å². The van der Waals surface area contributed by atoms with Crippen molar-refractivity contribution in [1.29, 1.82) is 0 Å². The second-order valence-electron chi connectivity index (χ2n) is 2.26. The van der Waals surface area contributed by atoms with Crippen molar-refractivity contribution in [3.8, 4) is 0 Å². The summed E-state index contributed by atoms with van der Waals surface area (Å²) in [6.07, 6.45) is 2.37. The topological polar surface area (TPSA) is 12.0 Å². The molecule has 2 heteroatoms. The van der Waals surface area contributed by atoms with Crippen LogP contribution < -0.4 is 5.32 Å². The monoisotopic (exact) mass is 154 g/mol. The Morgan fingerprint density at radius 3 is 3.20 bits per heavy atom. The molecule has 0 bridgehead atoms. The lowest BCUT2D eigenvalue weighted by molar-refractivity contribution is 0.725. The molecule has 55 valence electrons. The van der Waals surface area contributed by atoms with Crippen molar-refractivity contribution in [1.82, 2.24) is 5.32 Å². The lowest BCUT2D eigenvalue weighted by Crippen LogP contribution is -2.07. The molecule has 1 heterocycles. The molecule has 0 saturated carbocycles. The Bertz CT molecular complexity index is 158. The van der Waals surface area contributed by atoms with Gasteiger partial charge in [0.05, 0.1) is 0 Å². The normalized spacial score (nSPS) is 10.1. The molecule has 0 aromatic carbocycles. The minimum absolute atomic E-state index is 1.10. The van der Waals surface area contributed by atoms with Gasteiger partial charge in [-0.25, -0.2) is 0 Å². The Balaban J connectivity index is 2.15. The summed E-state index contributed by atoms with van der Waals surface area (Å²) < 4.78 is 0. The molecule has 0 amide bonds. The number of hydrogen-bond donors (Lipinski definition) is 1. The number of hydrogen-bond acceptors (Lipinski definition) is 2. The van der Waals surface area contributed by atoms with Gasteiger partial charge in [-0.15, -0.1) is 11.3 Å². The first kappa shape index (κ1) is 7.76. The molecule has 0 aliphatic carbocycles. The fourth-order valence-electron chi connectivity index (χ4n) is 0.850. The first-order valence-electron chi connectivity index (χ1n) is 3.52. The number of thiophene rings is 1. The molecule has 0 aliphatic heterocycles. The molecule has 0 aliphatic rings. The van der Waals surface area contributed by atoms with Crippen LogP contribution in [0.3, 0.4) is 0 Å². The third-order valence-electron chi connectivity index (χ3n) is 1.40. The van der Waals surface area contributed by atoms with Crippen LogP contribution in [0.5, 0.6) is 0 Å². The molecule has 1 aromatic rings. The number of rotatable bonds is 4. The van der Waals surface area contributed by atoms with Gasteiger partial charge < -0.3 is 5.32 Å². The summed E-state index contributed by atoms with van der Waals surface area (Å²) in [7, 11) is 1.98. The van der Waals surface area contributed by atoms with Crippen molar-refractivity contribution >= 4 is 11.3 Å². The van der Waals surface area contributed by atoms with E-state index in [-0.39, 0.29) is 0 Å². The van der Waals surface area contributed by atoms with E-state index in [2.05, 4.69) is 22.1 Å². The maximum Gasteiger partial charge on any atom is 0.0477 e. The van der Waals surface area contributed by atoms with E-state index in [0.29, 0.717) is 0 Å². The van der Waals surface area contributed by atoms with Crippen molar-refractivity contribution in [3.05, 3.63) is 22.4 Å². The second kappa shape index (κ2) is 4.47. The van der Waals surface area contributed by atoms with Crippen LogP contribution in [-0.2, 0) is 6.42 Å². The molecule has 1 rings (SSSR count). The van der Waals surface area contributed by atoms with E-state index in [4.69, 9.17) is 0 Å². The summed E-state index contributed by atoms with van der Waals surface area (Å²) in [6.45, 7) is 1.10. The molecule has 1 radical (unpaired) electrons. The van der Waals surface area contributed by atoms with Crippen LogP contribution in [0.15, 0.2) is 11.4 Å². The molecule has 0 fully saturated rings. The van der Waals surface area contributed by atoms with Crippen LogP contribution in [0.25, 0.3) is 0 Å². The first-order valence-corrected chi connectivity index (χ1v) is 4.40. The SMILES string of the molecule is CNCCCc1[c]scc1. The van der Waals surface area contributed by atoms with Gasteiger partial charge in [-0.2, -0.15) is 0 Å². The van der Waals surface area contributed by atoms with Gasteiger partial charge in [0.25, 0.3) is 0 Å². The van der Waals surface area contributed by atoms with Crippen molar-refractivity contribution < 1.29 is 0 Å². The lowest BCUT2D eigenvalue weighted by Gasteiger charge is -1.95. The lowest BCUT2D eigenvalue weighted by atomic mass is 10.2. The van der Waals surface area contributed by atoms with Gasteiger partial charge in [0.2, 0.25) is 0 Å². The Kier molecular flexibility index (Phi) is 3.47. The van der Waals surface area contributed by atoms with Crippen LogP contribution >= 0.6 is 11.3 Å². The zero-order valence-corrected chi connectivity index (χ0v) is 7.00. The minimum Gasteiger partial charge on any atom is -0.320 e. The molecule has 1 nitrogen and oxygen atoms in total. The number of nitrogens with one attached hydrogen (secondary N) is 1. The summed E-state index contributed by atoms with van der Waals surface area (Å²) in [5.74, 6) is 0. The fraction of sp³-hybridized carbons (Fsp3) is 0.500. The van der Waals surface area contributed by atoms with Crippen LogP contribution in [0.1, 0.15) is 12.0 Å². The highest BCUT2D eigenvalue weighted by molar-refractivity contribution is 7.07. The summed E-state index contributed by atoms with van der Waals surface area (Å²) in [4.78, 5) is 0. The predicted octanol–water partition coefficient (Wildman–Crippen LogP) is 1.70. The fourth-order valence-corrected chi connectivity index (χ4v) is 1.47. The first-order chi connectivity index (χ1) is 4.93. The highest BCUT2D eigenvalue weighted by atomic mass is 32.1. The van der Waals surface area contributed by atoms with Crippen molar-refractivity contribution in [2.24, 2.45) is 0 Å². The standard InChI is InChI=1S/C8H12NS/c1-9-5-2-3-8-4-6-10-7-8/h4,6,9H,2-3,5H2,1H3.